The van der Waals surface area contributed by atoms with Crippen molar-refractivity contribution in [3.05, 3.63) is 23.8 Å². The number of hydrogen-bond acceptors (Lipinski definition) is 4. The van der Waals surface area contributed by atoms with Gasteiger partial charge in [-0.1, -0.05) is 23.3 Å². The first-order valence-electron chi connectivity index (χ1n) is 6.55. The van der Waals surface area contributed by atoms with E-state index in [4.69, 9.17) is 12.2 Å². The van der Waals surface area contributed by atoms with E-state index in [1.54, 1.807) is 11.3 Å². The summed E-state index contributed by atoms with van der Waals surface area (Å²) in [5.74, 6) is 3.62. The summed E-state index contributed by atoms with van der Waals surface area (Å²) in [6, 6.07) is 6.35. The van der Waals surface area contributed by atoms with Gasteiger partial charge in [-0.3, -0.25) is 4.90 Å². The Labute approximate surface area is 117 Å². The molecule has 0 bridgehead atoms. The number of rotatable bonds is 5. The van der Waals surface area contributed by atoms with Gasteiger partial charge in [0.1, 0.15) is 0 Å². The van der Waals surface area contributed by atoms with Crippen LogP contribution >= 0.6 is 11.3 Å². The standard InChI is InChI=1S/C15H17N3S/c1-2-7-18(9-11-3-4-11)10-12-5-6-13-14(8-12)19-15(16)17-13/h1,5-6,8,11H,3-4,7,9-10H2,(H2,16,17). The van der Waals surface area contributed by atoms with Gasteiger partial charge in [0.05, 0.1) is 16.8 Å². The van der Waals surface area contributed by atoms with E-state index >= 15 is 0 Å². The van der Waals surface area contributed by atoms with Crippen molar-refractivity contribution >= 4 is 26.7 Å². The minimum Gasteiger partial charge on any atom is -0.375 e. The molecule has 0 amide bonds. The highest BCUT2D eigenvalue weighted by atomic mass is 32.1. The third kappa shape index (κ3) is 3.06. The molecule has 0 unspecified atom stereocenters. The number of benzene rings is 1. The van der Waals surface area contributed by atoms with Crippen molar-refractivity contribution in [2.45, 2.75) is 19.4 Å². The monoisotopic (exact) mass is 271 g/mol. The Hall–Kier alpha value is -1.57. The van der Waals surface area contributed by atoms with Crippen LogP contribution in [0.4, 0.5) is 5.13 Å². The first kappa shape index (κ1) is 12.5. The lowest BCUT2D eigenvalue weighted by molar-refractivity contribution is 0.286. The number of hydrogen-bond donors (Lipinski definition) is 1. The molecular weight excluding hydrogens is 254 g/mol. The van der Waals surface area contributed by atoms with Crippen LogP contribution in [0.1, 0.15) is 18.4 Å². The van der Waals surface area contributed by atoms with Crippen LogP contribution in [0.15, 0.2) is 18.2 Å². The maximum Gasteiger partial charge on any atom is 0.181 e. The number of anilines is 1. The van der Waals surface area contributed by atoms with Crippen molar-refractivity contribution in [1.82, 2.24) is 9.88 Å². The first-order valence-corrected chi connectivity index (χ1v) is 7.37. The molecule has 1 fully saturated rings. The Morgan fingerprint density at radius 2 is 2.32 bits per heavy atom. The Morgan fingerprint density at radius 1 is 1.47 bits per heavy atom. The topological polar surface area (TPSA) is 42.2 Å². The number of nitrogens with zero attached hydrogens (tertiary/aromatic N) is 2. The summed E-state index contributed by atoms with van der Waals surface area (Å²) in [6.07, 6.45) is 8.16. The average Bonchev–Trinajstić information content (AvgIpc) is 3.09. The fourth-order valence-electron chi connectivity index (χ4n) is 2.32. The zero-order valence-corrected chi connectivity index (χ0v) is 11.6. The van der Waals surface area contributed by atoms with Crippen LogP contribution in [0.5, 0.6) is 0 Å². The number of terminal acetylenes is 1. The van der Waals surface area contributed by atoms with Crippen LogP contribution in [0.2, 0.25) is 0 Å². The molecule has 3 rings (SSSR count). The number of fused-ring (bicyclic) bond motifs is 1. The van der Waals surface area contributed by atoms with E-state index in [1.165, 1.54) is 18.4 Å². The normalized spacial score (nSPS) is 14.9. The second kappa shape index (κ2) is 5.20. The molecule has 2 aromatic rings. The smallest absolute Gasteiger partial charge is 0.181 e. The van der Waals surface area contributed by atoms with Crippen LogP contribution < -0.4 is 5.73 Å². The van der Waals surface area contributed by atoms with E-state index in [9.17, 15) is 0 Å². The SMILES string of the molecule is C#CCN(Cc1ccc2nc(N)sc2c1)CC1CC1. The van der Waals surface area contributed by atoms with Gasteiger partial charge in [-0.15, -0.1) is 6.42 Å². The fraction of sp³-hybridized carbons (Fsp3) is 0.400. The largest absolute Gasteiger partial charge is 0.375 e. The van der Waals surface area contributed by atoms with Crippen molar-refractivity contribution in [2.75, 3.05) is 18.8 Å². The Morgan fingerprint density at radius 3 is 3.05 bits per heavy atom. The van der Waals surface area contributed by atoms with Gasteiger partial charge in [0.2, 0.25) is 0 Å². The molecule has 1 aromatic heterocycles. The summed E-state index contributed by atoms with van der Waals surface area (Å²) < 4.78 is 1.15. The zero-order valence-electron chi connectivity index (χ0n) is 10.8. The summed E-state index contributed by atoms with van der Waals surface area (Å²) in [6.45, 7) is 2.75. The van der Waals surface area contributed by atoms with Crippen molar-refractivity contribution in [1.29, 1.82) is 0 Å². The first-order chi connectivity index (χ1) is 9.24. The summed E-state index contributed by atoms with van der Waals surface area (Å²) >= 11 is 1.54. The molecule has 0 saturated heterocycles. The van der Waals surface area contributed by atoms with E-state index in [2.05, 4.69) is 27.9 Å². The molecule has 4 heteroatoms. The van der Waals surface area contributed by atoms with Gasteiger partial charge in [0.25, 0.3) is 0 Å². The van der Waals surface area contributed by atoms with Crippen LogP contribution in [0.25, 0.3) is 10.2 Å². The second-order valence-electron chi connectivity index (χ2n) is 5.17. The van der Waals surface area contributed by atoms with Gasteiger partial charge >= 0.3 is 0 Å². The Kier molecular flexibility index (Phi) is 3.41. The molecule has 98 valence electrons. The molecule has 19 heavy (non-hydrogen) atoms. The van der Waals surface area contributed by atoms with Gasteiger partial charge in [0.15, 0.2) is 5.13 Å². The molecule has 2 N–H and O–H groups in total. The van der Waals surface area contributed by atoms with Crippen molar-refractivity contribution in [2.24, 2.45) is 5.92 Å². The highest BCUT2D eigenvalue weighted by molar-refractivity contribution is 7.22. The lowest BCUT2D eigenvalue weighted by Crippen LogP contribution is -2.25. The highest BCUT2D eigenvalue weighted by Crippen LogP contribution is 2.30. The zero-order chi connectivity index (χ0) is 13.2. The molecule has 1 heterocycles. The molecule has 1 aliphatic carbocycles. The minimum absolute atomic E-state index is 0.630. The number of nitrogen functional groups attached to an aromatic ring is 1. The number of aromatic nitrogens is 1. The van der Waals surface area contributed by atoms with Gasteiger partial charge < -0.3 is 5.73 Å². The highest BCUT2D eigenvalue weighted by Gasteiger charge is 2.23. The molecule has 0 radical (unpaired) electrons. The molecule has 0 atom stereocenters. The summed E-state index contributed by atoms with van der Waals surface area (Å²) in [4.78, 5) is 6.63. The van der Waals surface area contributed by atoms with Gasteiger partial charge in [-0.25, -0.2) is 4.98 Å². The molecule has 3 nitrogen and oxygen atoms in total. The Bertz CT molecular complexity index is 622. The van der Waals surface area contributed by atoms with Crippen LogP contribution in [-0.4, -0.2) is 23.0 Å². The second-order valence-corrected chi connectivity index (χ2v) is 6.23. The molecule has 0 aliphatic heterocycles. The van der Waals surface area contributed by atoms with Crippen LogP contribution in [0, 0.1) is 18.3 Å². The molecule has 1 aliphatic rings. The van der Waals surface area contributed by atoms with E-state index in [-0.39, 0.29) is 0 Å². The molecule has 1 aromatic carbocycles. The fourth-order valence-corrected chi connectivity index (χ4v) is 3.12. The van der Waals surface area contributed by atoms with Crippen molar-refractivity contribution < 1.29 is 0 Å². The maximum atomic E-state index is 5.73. The lowest BCUT2D eigenvalue weighted by Gasteiger charge is -2.19. The van der Waals surface area contributed by atoms with Gasteiger partial charge in [0, 0.05) is 13.1 Å². The Balaban J connectivity index is 1.76. The number of thiazole rings is 1. The van der Waals surface area contributed by atoms with Crippen LogP contribution in [-0.2, 0) is 6.54 Å². The van der Waals surface area contributed by atoms with E-state index < -0.39 is 0 Å². The van der Waals surface area contributed by atoms with Crippen molar-refractivity contribution in [3.8, 4) is 12.3 Å². The average molecular weight is 271 g/mol. The quantitative estimate of drug-likeness (QED) is 0.850. The van der Waals surface area contributed by atoms with E-state index in [0.717, 1.165) is 35.8 Å². The predicted octanol–water partition coefficient (Wildman–Crippen LogP) is 2.72. The number of nitrogens with two attached hydrogens (primary N) is 1. The summed E-state index contributed by atoms with van der Waals surface area (Å²) in [7, 11) is 0. The van der Waals surface area contributed by atoms with Crippen LogP contribution in [0.3, 0.4) is 0 Å². The molecule has 1 saturated carbocycles. The molecule has 0 spiro atoms. The third-order valence-corrected chi connectivity index (χ3v) is 4.25. The molecular formula is C15H17N3S. The summed E-state index contributed by atoms with van der Waals surface area (Å²) in [5.41, 5.74) is 8.00. The van der Waals surface area contributed by atoms with Gasteiger partial charge in [-0.2, -0.15) is 0 Å². The third-order valence-electron chi connectivity index (χ3n) is 3.40. The van der Waals surface area contributed by atoms with E-state index in [1.807, 2.05) is 6.07 Å². The predicted molar refractivity (Wildman–Crippen MR) is 80.9 cm³/mol. The van der Waals surface area contributed by atoms with Gasteiger partial charge in [-0.05, 0) is 36.5 Å². The van der Waals surface area contributed by atoms with E-state index in [0.29, 0.717) is 5.13 Å². The van der Waals surface area contributed by atoms with Crippen molar-refractivity contribution in [3.63, 3.8) is 0 Å². The summed E-state index contributed by atoms with van der Waals surface area (Å²) in [5, 5.41) is 0.630. The lowest BCUT2D eigenvalue weighted by atomic mass is 10.2. The maximum absolute atomic E-state index is 5.73. The minimum atomic E-state index is 0.630.